The van der Waals surface area contributed by atoms with Crippen molar-refractivity contribution < 1.29 is 9.90 Å². The number of aromatic amines is 1. The molecule has 122 valence electrons. The van der Waals surface area contributed by atoms with Crippen molar-refractivity contribution in [3.63, 3.8) is 0 Å². The average molecular weight is 313 g/mol. The second kappa shape index (κ2) is 7.44. The predicted molar refractivity (Wildman–Crippen MR) is 88.9 cm³/mol. The summed E-state index contributed by atoms with van der Waals surface area (Å²) >= 11 is 0. The smallest absolute Gasteiger partial charge is 0.267 e. The fourth-order valence-corrected chi connectivity index (χ4v) is 2.94. The number of nitrogens with one attached hydrogen (secondary N) is 2. The minimum atomic E-state index is -0.151. The number of aromatic nitrogens is 1. The van der Waals surface area contributed by atoms with Crippen LogP contribution in [0.15, 0.2) is 42.6 Å². The molecule has 0 bridgehead atoms. The number of aliphatic hydroxyl groups is 1. The van der Waals surface area contributed by atoms with Crippen molar-refractivity contribution in [2.45, 2.75) is 32.0 Å². The Morgan fingerprint density at radius 1 is 1.17 bits per heavy atom. The maximum absolute atomic E-state index is 12.0. The molecule has 23 heavy (non-hydrogen) atoms. The second-order valence-corrected chi connectivity index (χ2v) is 6.04. The summed E-state index contributed by atoms with van der Waals surface area (Å²) in [5.41, 5.74) is 2.95. The normalized spacial score (nSPS) is 16.4. The van der Waals surface area contributed by atoms with E-state index in [-0.39, 0.29) is 12.0 Å². The molecule has 1 amide bonds. The highest BCUT2D eigenvalue weighted by Gasteiger charge is 2.18. The van der Waals surface area contributed by atoms with E-state index in [4.69, 9.17) is 0 Å². The van der Waals surface area contributed by atoms with Crippen LogP contribution in [0.4, 0.5) is 0 Å². The molecule has 1 aromatic heterocycles. The van der Waals surface area contributed by atoms with Crippen LogP contribution in [0.25, 0.3) is 0 Å². The van der Waals surface area contributed by atoms with Gasteiger partial charge in [-0.15, -0.1) is 0 Å². The number of aliphatic hydroxyl groups excluding tert-OH is 1. The first kappa shape index (κ1) is 15.8. The Morgan fingerprint density at radius 2 is 1.91 bits per heavy atom. The number of rotatable bonds is 5. The van der Waals surface area contributed by atoms with E-state index in [1.807, 2.05) is 18.2 Å². The zero-order valence-corrected chi connectivity index (χ0v) is 13.2. The Morgan fingerprint density at radius 3 is 2.61 bits per heavy atom. The Bertz CT molecular complexity index is 631. The summed E-state index contributed by atoms with van der Waals surface area (Å²) in [5.74, 6) is -0.0918. The van der Waals surface area contributed by atoms with Gasteiger partial charge in [0.2, 0.25) is 0 Å². The van der Waals surface area contributed by atoms with Crippen LogP contribution in [0.5, 0.6) is 0 Å². The summed E-state index contributed by atoms with van der Waals surface area (Å²) in [6.45, 7) is 3.22. The van der Waals surface area contributed by atoms with Crippen molar-refractivity contribution in [1.82, 2.24) is 15.2 Å². The highest BCUT2D eigenvalue weighted by Crippen LogP contribution is 2.16. The summed E-state index contributed by atoms with van der Waals surface area (Å²) < 4.78 is 0. The van der Waals surface area contributed by atoms with Gasteiger partial charge in [-0.3, -0.25) is 9.69 Å². The summed E-state index contributed by atoms with van der Waals surface area (Å²) in [7, 11) is 0. The number of piperidine rings is 1. The fraction of sp³-hybridized carbons (Fsp3) is 0.389. The lowest BCUT2D eigenvalue weighted by atomic mass is 10.0. The van der Waals surface area contributed by atoms with E-state index in [0.717, 1.165) is 38.0 Å². The van der Waals surface area contributed by atoms with Crippen LogP contribution < -0.4 is 5.32 Å². The van der Waals surface area contributed by atoms with Crippen LogP contribution in [0.2, 0.25) is 0 Å². The largest absolute Gasteiger partial charge is 0.393 e. The Kier molecular flexibility index (Phi) is 5.10. The highest BCUT2D eigenvalue weighted by molar-refractivity contribution is 5.92. The molecule has 2 aromatic rings. The van der Waals surface area contributed by atoms with Crippen molar-refractivity contribution in [3.8, 4) is 0 Å². The number of benzene rings is 1. The standard InChI is InChI=1S/C18H23N3O2/c22-16-7-10-21(11-8-16)13-15-5-2-1-4-14(15)12-20-18(23)17-6-3-9-19-17/h1-6,9,16,19,22H,7-8,10-13H2,(H,20,23). The highest BCUT2D eigenvalue weighted by atomic mass is 16.3. The lowest BCUT2D eigenvalue weighted by Gasteiger charge is -2.30. The molecule has 2 heterocycles. The van der Waals surface area contributed by atoms with Crippen LogP contribution in [0.1, 0.15) is 34.5 Å². The number of amides is 1. The zero-order chi connectivity index (χ0) is 16.1. The van der Waals surface area contributed by atoms with Gasteiger partial charge in [-0.2, -0.15) is 0 Å². The molecule has 1 aliphatic rings. The fourth-order valence-electron chi connectivity index (χ4n) is 2.94. The van der Waals surface area contributed by atoms with Gasteiger partial charge in [-0.1, -0.05) is 24.3 Å². The molecular weight excluding hydrogens is 290 g/mol. The van der Waals surface area contributed by atoms with Gasteiger partial charge in [0.05, 0.1) is 6.10 Å². The van der Waals surface area contributed by atoms with E-state index in [1.165, 1.54) is 5.56 Å². The number of hydrogen-bond acceptors (Lipinski definition) is 3. The third-order valence-electron chi connectivity index (χ3n) is 4.35. The molecule has 1 fully saturated rings. The third kappa shape index (κ3) is 4.21. The predicted octanol–water partition coefficient (Wildman–Crippen LogP) is 1.90. The van der Waals surface area contributed by atoms with E-state index < -0.39 is 0 Å². The molecule has 1 saturated heterocycles. The quantitative estimate of drug-likeness (QED) is 0.790. The number of hydrogen-bond donors (Lipinski definition) is 3. The van der Waals surface area contributed by atoms with Crippen LogP contribution in [0.3, 0.4) is 0 Å². The minimum absolute atomic E-state index is 0.0918. The lowest BCUT2D eigenvalue weighted by molar-refractivity contribution is 0.0790. The van der Waals surface area contributed by atoms with Crippen LogP contribution in [-0.2, 0) is 13.1 Å². The molecule has 0 saturated carbocycles. The molecule has 5 nitrogen and oxygen atoms in total. The van der Waals surface area contributed by atoms with Gasteiger partial charge in [-0.05, 0) is 36.1 Å². The van der Waals surface area contributed by atoms with Crippen LogP contribution in [-0.4, -0.2) is 40.1 Å². The van der Waals surface area contributed by atoms with Gasteiger partial charge < -0.3 is 15.4 Å². The van der Waals surface area contributed by atoms with Gasteiger partial charge >= 0.3 is 0 Å². The number of H-pyrrole nitrogens is 1. The third-order valence-corrected chi connectivity index (χ3v) is 4.35. The number of carbonyl (C=O) groups is 1. The SMILES string of the molecule is O=C(NCc1ccccc1CN1CCC(O)CC1)c1ccc[nH]1. The first-order valence-electron chi connectivity index (χ1n) is 8.11. The summed E-state index contributed by atoms with van der Waals surface area (Å²) in [6, 6.07) is 11.8. The topological polar surface area (TPSA) is 68.4 Å². The van der Waals surface area contributed by atoms with Crippen LogP contribution in [0, 0.1) is 0 Å². The average Bonchev–Trinajstić information content (AvgIpc) is 3.10. The van der Waals surface area contributed by atoms with Gasteiger partial charge in [0.15, 0.2) is 0 Å². The van der Waals surface area contributed by atoms with Gasteiger partial charge in [0.25, 0.3) is 5.91 Å². The number of likely N-dealkylation sites (tertiary alicyclic amines) is 1. The van der Waals surface area contributed by atoms with E-state index in [0.29, 0.717) is 12.2 Å². The monoisotopic (exact) mass is 313 g/mol. The zero-order valence-electron chi connectivity index (χ0n) is 13.2. The van der Waals surface area contributed by atoms with Crippen LogP contribution >= 0.6 is 0 Å². The molecule has 0 radical (unpaired) electrons. The number of nitrogens with zero attached hydrogens (tertiary/aromatic N) is 1. The molecule has 5 heteroatoms. The molecular formula is C18H23N3O2. The van der Waals surface area contributed by atoms with E-state index >= 15 is 0 Å². The Labute approximate surface area is 136 Å². The minimum Gasteiger partial charge on any atom is -0.393 e. The first-order chi connectivity index (χ1) is 11.2. The van der Waals surface area contributed by atoms with Gasteiger partial charge in [0.1, 0.15) is 5.69 Å². The Hall–Kier alpha value is -2.11. The maximum Gasteiger partial charge on any atom is 0.267 e. The van der Waals surface area contributed by atoms with Crippen molar-refractivity contribution in [2.75, 3.05) is 13.1 Å². The molecule has 0 aliphatic carbocycles. The molecule has 3 rings (SSSR count). The summed E-state index contributed by atoms with van der Waals surface area (Å²) in [4.78, 5) is 17.3. The maximum atomic E-state index is 12.0. The summed E-state index contributed by atoms with van der Waals surface area (Å²) in [5, 5.41) is 12.6. The van der Waals surface area contributed by atoms with Gasteiger partial charge in [0, 0.05) is 32.4 Å². The van der Waals surface area contributed by atoms with Gasteiger partial charge in [-0.25, -0.2) is 0 Å². The van der Waals surface area contributed by atoms with Crippen molar-refractivity contribution >= 4 is 5.91 Å². The number of carbonyl (C=O) groups excluding carboxylic acids is 1. The first-order valence-corrected chi connectivity index (χ1v) is 8.11. The van der Waals surface area contributed by atoms with E-state index in [1.54, 1.807) is 12.3 Å². The molecule has 1 aliphatic heterocycles. The van der Waals surface area contributed by atoms with E-state index in [2.05, 4.69) is 27.3 Å². The van der Waals surface area contributed by atoms with Crippen molar-refractivity contribution in [1.29, 1.82) is 0 Å². The molecule has 0 unspecified atom stereocenters. The second-order valence-electron chi connectivity index (χ2n) is 6.04. The summed E-state index contributed by atoms with van der Waals surface area (Å²) in [6.07, 6.45) is 3.27. The Balaban J connectivity index is 1.60. The molecule has 1 aromatic carbocycles. The molecule has 3 N–H and O–H groups in total. The molecule has 0 atom stereocenters. The van der Waals surface area contributed by atoms with Crippen molar-refractivity contribution in [3.05, 3.63) is 59.4 Å². The van der Waals surface area contributed by atoms with Crippen molar-refractivity contribution in [2.24, 2.45) is 0 Å². The molecule has 0 spiro atoms. The van der Waals surface area contributed by atoms with E-state index in [9.17, 15) is 9.90 Å². The lowest BCUT2D eigenvalue weighted by Crippen LogP contribution is -2.35.